The number of benzene rings is 1. The van der Waals surface area contributed by atoms with Crippen LogP contribution in [0.3, 0.4) is 0 Å². The highest BCUT2D eigenvalue weighted by Gasteiger charge is 2.17. The number of rotatable bonds is 4. The van der Waals surface area contributed by atoms with Crippen molar-refractivity contribution in [3.63, 3.8) is 0 Å². The number of carboxylic acids is 1. The first-order chi connectivity index (χ1) is 10.2. The number of aromatic nitrogens is 2. The Labute approximate surface area is 128 Å². The van der Waals surface area contributed by atoms with E-state index in [1.165, 1.54) is 25.3 Å². The molecular formula is C12H9ClN2O6S. The van der Waals surface area contributed by atoms with Gasteiger partial charge < -0.3 is 14.8 Å². The average molecular weight is 345 g/mol. The van der Waals surface area contributed by atoms with Crippen molar-refractivity contribution < 1.29 is 23.1 Å². The molecule has 0 fully saturated rings. The summed E-state index contributed by atoms with van der Waals surface area (Å²) in [6, 6.07) is 3.74. The van der Waals surface area contributed by atoms with E-state index in [9.17, 15) is 18.0 Å². The standard InChI is InChI=1S/C12H9ClN2O6S/c1-21-9-3-2-6(22(13,19)20)4-7(9)10-14-5-8(12(17)18)11(16)15-10/h2-5H,1H3,(H,17,18)(H,14,15,16). The van der Waals surface area contributed by atoms with Crippen LogP contribution in [0.25, 0.3) is 11.4 Å². The van der Waals surface area contributed by atoms with E-state index in [2.05, 4.69) is 9.97 Å². The summed E-state index contributed by atoms with van der Waals surface area (Å²) in [4.78, 5) is 28.3. The molecule has 0 radical (unpaired) electrons. The van der Waals surface area contributed by atoms with Gasteiger partial charge in [0.25, 0.3) is 14.6 Å². The quantitative estimate of drug-likeness (QED) is 0.794. The minimum atomic E-state index is -3.99. The summed E-state index contributed by atoms with van der Waals surface area (Å²) in [7, 11) is 2.63. The number of aromatic amines is 1. The molecule has 0 saturated carbocycles. The first-order valence-electron chi connectivity index (χ1n) is 5.69. The second-order valence-electron chi connectivity index (χ2n) is 4.08. The minimum absolute atomic E-state index is 0.0472. The maximum Gasteiger partial charge on any atom is 0.342 e. The lowest BCUT2D eigenvalue weighted by Crippen LogP contribution is -2.18. The number of carboxylic acid groups (broad SMARTS) is 1. The zero-order chi connectivity index (χ0) is 16.5. The van der Waals surface area contributed by atoms with Crippen LogP contribution >= 0.6 is 10.7 Å². The molecule has 1 aromatic carbocycles. The molecule has 22 heavy (non-hydrogen) atoms. The molecule has 0 aliphatic heterocycles. The zero-order valence-corrected chi connectivity index (χ0v) is 12.6. The van der Waals surface area contributed by atoms with Crippen LogP contribution in [0.1, 0.15) is 10.4 Å². The van der Waals surface area contributed by atoms with E-state index in [0.29, 0.717) is 0 Å². The van der Waals surface area contributed by atoms with Crippen LogP contribution in [-0.2, 0) is 9.05 Å². The molecule has 0 saturated heterocycles. The molecule has 2 aromatic rings. The maximum absolute atomic E-state index is 11.7. The van der Waals surface area contributed by atoms with E-state index in [-0.39, 0.29) is 22.0 Å². The highest BCUT2D eigenvalue weighted by molar-refractivity contribution is 8.13. The summed E-state index contributed by atoms with van der Waals surface area (Å²) in [6.07, 6.45) is 0.873. The monoisotopic (exact) mass is 344 g/mol. The molecule has 0 bridgehead atoms. The maximum atomic E-state index is 11.7. The Morgan fingerprint density at radius 2 is 2.09 bits per heavy atom. The number of nitrogens with zero attached hydrogens (tertiary/aromatic N) is 1. The van der Waals surface area contributed by atoms with Crippen molar-refractivity contribution in [1.82, 2.24) is 9.97 Å². The summed E-state index contributed by atoms with van der Waals surface area (Å²) >= 11 is 0. The number of hydrogen-bond acceptors (Lipinski definition) is 6. The Balaban J connectivity index is 2.68. The van der Waals surface area contributed by atoms with Crippen LogP contribution in [0, 0.1) is 0 Å². The first-order valence-corrected chi connectivity index (χ1v) is 8.00. The largest absolute Gasteiger partial charge is 0.496 e. The third-order valence-corrected chi connectivity index (χ3v) is 4.09. The fraction of sp³-hybridized carbons (Fsp3) is 0.0833. The molecule has 0 atom stereocenters. The van der Waals surface area contributed by atoms with E-state index in [1.807, 2.05) is 0 Å². The number of aromatic carboxylic acids is 1. The molecule has 1 aromatic heterocycles. The van der Waals surface area contributed by atoms with Crippen LogP contribution in [0.2, 0.25) is 0 Å². The smallest absolute Gasteiger partial charge is 0.342 e. The molecule has 8 nitrogen and oxygen atoms in total. The normalized spacial score (nSPS) is 11.2. The number of ether oxygens (including phenoxy) is 1. The van der Waals surface area contributed by atoms with Gasteiger partial charge in [-0.05, 0) is 18.2 Å². The van der Waals surface area contributed by atoms with E-state index < -0.39 is 26.1 Å². The predicted molar refractivity (Wildman–Crippen MR) is 76.8 cm³/mol. The van der Waals surface area contributed by atoms with Gasteiger partial charge in [-0.2, -0.15) is 0 Å². The third-order valence-electron chi connectivity index (χ3n) is 2.74. The molecule has 0 unspecified atom stereocenters. The molecule has 2 rings (SSSR count). The van der Waals surface area contributed by atoms with E-state index in [4.69, 9.17) is 20.5 Å². The van der Waals surface area contributed by atoms with Gasteiger partial charge in [0.1, 0.15) is 17.1 Å². The zero-order valence-electron chi connectivity index (χ0n) is 11.0. The first kappa shape index (κ1) is 16.0. The molecule has 116 valence electrons. The molecule has 2 N–H and O–H groups in total. The van der Waals surface area contributed by atoms with Gasteiger partial charge in [0, 0.05) is 16.9 Å². The number of hydrogen-bond donors (Lipinski definition) is 2. The molecule has 0 spiro atoms. The number of H-pyrrole nitrogens is 1. The van der Waals surface area contributed by atoms with Crippen LogP contribution in [0.4, 0.5) is 0 Å². The van der Waals surface area contributed by atoms with Gasteiger partial charge in [0.15, 0.2) is 0 Å². The number of carbonyl (C=O) groups is 1. The van der Waals surface area contributed by atoms with Gasteiger partial charge in [-0.25, -0.2) is 18.2 Å². The van der Waals surface area contributed by atoms with Crippen LogP contribution in [-0.4, -0.2) is 36.6 Å². The van der Waals surface area contributed by atoms with Gasteiger partial charge >= 0.3 is 5.97 Å². The number of methoxy groups -OCH3 is 1. The Morgan fingerprint density at radius 1 is 1.41 bits per heavy atom. The lowest BCUT2D eigenvalue weighted by atomic mass is 10.2. The Kier molecular flexibility index (Phi) is 4.20. The molecule has 1 heterocycles. The molecule has 0 aliphatic rings. The molecular weight excluding hydrogens is 336 g/mol. The highest BCUT2D eigenvalue weighted by atomic mass is 35.7. The van der Waals surface area contributed by atoms with E-state index in [0.717, 1.165) is 6.20 Å². The summed E-state index contributed by atoms with van der Waals surface area (Å²) < 4.78 is 27.8. The van der Waals surface area contributed by atoms with Crippen molar-refractivity contribution in [3.8, 4) is 17.1 Å². The third kappa shape index (κ3) is 3.10. The van der Waals surface area contributed by atoms with Crippen molar-refractivity contribution in [3.05, 3.63) is 40.3 Å². The molecule has 0 amide bonds. The van der Waals surface area contributed by atoms with Gasteiger partial charge in [0.05, 0.1) is 17.6 Å². The van der Waals surface area contributed by atoms with Gasteiger partial charge in [-0.1, -0.05) is 0 Å². The van der Waals surface area contributed by atoms with Crippen molar-refractivity contribution in [2.75, 3.05) is 7.11 Å². The van der Waals surface area contributed by atoms with Crippen LogP contribution < -0.4 is 10.3 Å². The fourth-order valence-corrected chi connectivity index (χ4v) is 2.49. The molecule has 10 heteroatoms. The summed E-state index contributed by atoms with van der Waals surface area (Å²) in [5, 5.41) is 8.80. The Morgan fingerprint density at radius 3 is 2.59 bits per heavy atom. The van der Waals surface area contributed by atoms with Crippen molar-refractivity contribution in [2.45, 2.75) is 4.90 Å². The molecule has 0 aliphatic carbocycles. The van der Waals surface area contributed by atoms with E-state index >= 15 is 0 Å². The number of halogens is 1. The number of nitrogens with one attached hydrogen (secondary N) is 1. The SMILES string of the molecule is COc1ccc(S(=O)(=O)Cl)cc1-c1ncc(C(=O)O)c(=O)[nH]1. The van der Waals surface area contributed by atoms with Crippen molar-refractivity contribution in [2.24, 2.45) is 0 Å². The second-order valence-corrected chi connectivity index (χ2v) is 6.65. The minimum Gasteiger partial charge on any atom is -0.496 e. The second kappa shape index (κ2) is 5.78. The Hall–Kier alpha value is -2.39. The average Bonchev–Trinajstić information content (AvgIpc) is 2.45. The topological polar surface area (TPSA) is 126 Å². The van der Waals surface area contributed by atoms with Crippen LogP contribution in [0.5, 0.6) is 5.75 Å². The van der Waals surface area contributed by atoms with E-state index in [1.54, 1.807) is 0 Å². The summed E-state index contributed by atoms with van der Waals surface area (Å²) in [5.41, 5.74) is -1.26. The summed E-state index contributed by atoms with van der Waals surface area (Å²) in [6.45, 7) is 0. The lowest BCUT2D eigenvalue weighted by molar-refractivity contribution is 0.0694. The lowest BCUT2D eigenvalue weighted by Gasteiger charge is -2.09. The van der Waals surface area contributed by atoms with Crippen LogP contribution in [0.15, 0.2) is 34.1 Å². The predicted octanol–water partition coefficient (Wildman–Crippen LogP) is 1.07. The van der Waals surface area contributed by atoms with Gasteiger partial charge in [-0.3, -0.25) is 4.79 Å². The summed E-state index contributed by atoms with van der Waals surface area (Å²) in [5.74, 6) is -1.24. The van der Waals surface area contributed by atoms with Gasteiger partial charge in [0.2, 0.25) is 0 Å². The van der Waals surface area contributed by atoms with Crippen molar-refractivity contribution in [1.29, 1.82) is 0 Å². The highest BCUT2D eigenvalue weighted by Crippen LogP contribution is 2.30. The Bertz CT molecular complexity index is 906. The van der Waals surface area contributed by atoms with Gasteiger partial charge in [-0.15, -0.1) is 0 Å². The van der Waals surface area contributed by atoms with Crippen molar-refractivity contribution >= 4 is 25.7 Å². The fourth-order valence-electron chi connectivity index (χ4n) is 1.71.